The zero-order valence-corrected chi connectivity index (χ0v) is 11.6. The van der Waals surface area contributed by atoms with Gasteiger partial charge >= 0.3 is 0 Å². The normalized spacial score (nSPS) is 36.5. The number of carbonyl (C=O) groups is 1. The van der Waals surface area contributed by atoms with Crippen LogP contribution in [0, 0.1) is 11.8 Å². The van der Waals surface area contributed by atoms with Crippen LogP contribution in [0.5, 0.6) is 0 Å². The quantitative estimate of drug-likeness (QED) is 0.788. The second-order valence-corrected chi connectivity index (χ2v) is 6.42. The number of hydrogen-bond donors (Lipinski definition) is 0. The lowest BCUT2D eigenvalue weighted by Crippen LogP contribution is -2.43. The Morgan fingerprint density at radius 3 is 2.90 bits per heavy atom. The molecule has 2 heterocycles. The zero-order chi connectivity index (χ0) is 13.6. The summed E-state index contributed by atoms with van der Waals surface area (Å²) in [6.45, 7) is 2.27. The molecule has 3 atom stereocenters. The molecule has 4 rings (SSSR count). The van der Waals surface area contributed by atoms with Gasteiger partial charge < -0.3 is 9.47 Å². The molecule has 2 saturated heterocycles. The maximum Gasteiger partial charge on any atom is 0.166 e. The Kier molecular flexibility index (Phi) is 2.93. The van der Waals surface area contributed by atoms with Gasteiger partial charge in [-0.05, 0) is 30.7 Å². The van der Waals surface area contributed by atoms with Crippen molar-refractivity contribution in [3.8, 4) is 0 Å². The topological polar surface area (TPSA) is 35.5 Å². The maximum atomic E-state index is 12.6. The average Bonchev–Trinajstić information content (AvgIpc) is 3.05. The standard InChI is InChI=1S/C17H20O3/c18-16-14-4-2-1-3-12(14)9-15(16)13-5-7-20-17(10-13)6-8-19-11-17/h1-4,13,15H,5-11H2. The molecule has 2 fully saturated rings. The van der Waals surface area contributed by atoms with E-state index in [-0.39, 0.29) is 11.5 Å². The summed E-state index contributed by atoms with van der Waals surface area (Å²) in [4.78, 5) is 12.6. The minimum Gasteiger partial charge on any atom is -0.378 e. The maximum absolute atomic E-state index is 12.6. The molecule has 0 aromatic heterocycles. The number of benzene rings is 1. The van der Waals surface area contributed by atoms with Crippen LogP contribution in [0.25, 0.3) is 0 Å². The van der Waals surface area contributed by atoms with Crippen molar-refractivity contribution in [2.24, 2.45) is 11.8 Å². The highest BCUT2D eigenvalue weighted by Gasteiger charge is 2.46. The van der Waals surface area contributed by atoms with E-state index in [0.29, 0.717) is 18.3 Å². The van der Waals surface area contributed by atoms with Gasteiger partial charge in [-0.25, -0.2) is 0 Å². The van der Waals surface area contributed by atoms with Gasteiger partial charge in [-0.2, -0.15) is 0 Å². The molecule has 0 saturated carbocycles. The van der Waals surface area contributed by atoms with E-state index in [4.69, 9.17) is 9.47 Å². The average molecular weight is 272 g/mol. The van der Waals surface area contributed by atoms with Gasteiger partial charge in [-0.3, -0.25) is 4.79 Å². The Morgan fingerprint density at radius 2 is 2.10 bits per heavy atom. The van der Waals surface area contributed by atoms with E-state index < -0.39 is 0 Å². The van der Waals surface area contributed by atoms with E-state index >= 15 is 0 Å². The minimum absolute atomic E-state index is 0.0992. The van der Waals surface area contributed by atoms with Crippen LogP contribution in [-0.4, -0.2) is 31.2 Å². The predicted molar refractivity (Wildman–Crippen MR) is 74.8 cm³/mol. The minimum atomic E-state index is -0.0992. The molecule has 1 aliphatic carbocycles. The van der Waals surface area contributed by atoms with E-state index in [1.165, 1.54) is 5.56 Å². The fourth-order valence-electron chi connectivity index (χ4n) is 4.12. The number of hydrogen-bond acceptors (Lipinski definition) is 3. The Bertz CT molecular complexity index is 531. The number of rotatable bonds is 1. The number of carbonyl (C=O) groups excluding carboxylic acids is 1. The molecule has 2 aliphatic heterocycles. The van der Waals surface area contributed by atoms with Crippen molar-refractivity contribution in [3.63, 3.8) is 0 Å². The molecule has 3 heteroatoms. The van der Waals surface area contributed by atoms with Gasteiger partial charge in [0.05, 0.1) is 12.2 Å². The predicted octanol–water partition coefficient (Wildman–Crippen LogP) is 2.63. The molecular formula is C17H20O3. The van der Waals surface area contributed by atoms with Crippen LogP contribution >= 0.6 is 0 Å². The highest BCUT2D eigenvalue weighted by atomic mass is 16.6. The molecule has 3 unspecified atom stereocenters. The first-order valence-corrected chi connectivity index (χ1v) is 7.61. The third kappa shape index (κ3) is 1.92. The molecule has 0 radical (unpaired) electrons. The lowest BCUT2D eigenvalue weighted by molar-refractivity contribution is -0.103. The Labute approximate surface area is 119 Å². The number of ketones is 1. The van der Waals surface area contributed by atoms with Crippen molar-refractivity contribution >= 4 is 5.78 Å². The van der Waals surface area contributed by atoms with E-state index in [1.54, 1.807) is 0 Å². The van der Waals surface area contributed by atoms with Crippen LogP contribution in [-0.2, 0) is 15.9 Å². The van der Waals surface area contributed by atoms with Gasteiger partial charge in [0, 0.05) is 31.1 Å². The largest absolute Gasteiger partial charge is 0.378 e. The number of Topliss-reactive ketones (excluding diaryl/α,β-unsaturated/α-hetero) is 1. The summed E-state index contributed by atoms with van der Waals surface area (Å²) in [5.41, 5.74) is 2.07. The van der Waals surface area contributed by atoms with Crippen molar-refractivity contribution in [1.82, 2.24) is 0 Å². The Morgan fingerprint density at radius 1 is 1.20 bits per heavy atom. The van der Waals surface area contributed by atoms with Gasteiger partial charge in [-0.1, -0.05) is 24.3 Å². The first-order chi connectivity index (χ1) is 9.77. The van der Waals surface area contributed by atoms with Crippen LogP contribution in [0.2, 0.25) is 0 Å². The fourth-order valence-corrected chi connectivity index (χ4v) is 4.12. The Hall–Kier alpha value is -1.19. The highest BCUT2D eigenvalue weighted by Crippen LogP contribution is 2.42. The second-order valence-electron chi connectivity index (χ2n) is 6.42. The van der Waals surface area contributed by atoms with Crippen LogP contribution in [0.3, 0.4) is 0 Å². The van der Waals surface area contributed by atoms with Crippen molar-refractivity contribution in [2.75, 3.05) is 19.8 Å². The highest BCUT2D eigenvalue weighted by molar-refractivity contribution is 6.02. The molecule has 0 bridgehead atoms. The summed E-state index contributed by atoms with van der Waals surface area (Å²) in [6, 6.07) is 8.08. The molecule has 106 valence electrons. The Balaban J connectivity index is 1.56. The first kappa shape index (κ1) is 12.5. The third-order valence-corrected chi connectivity index (χ3v) is 5.23. The van der Waals surface area contributed by atoms with Gasteiger partial charge in [0.25, 0.3) is 0 Å². The van der Waals surface area contributed by atoms with Crippen LogP contribution < -0.4 is 0 Å². The van der Waals surface area contributed by atoms with Gasteiger partial charge in [0.15, 0.2) is 5.78 Å². The number of ether oxygens (including phenoxy) is 2. The molecule has 0 N–H and O–H groups in total. The summed E-state index contributed by atoms with van der Waals surface area (Å²) in [6.07, 6.45) is 3.89. The van der Waals surface area contributed by atoms with Crippen molar-refractivity contribution in [3.05, 3.63) is 35.4 Å². The number of fused-ring (bicyclic) bond motifs is 1. The summed E-state index contributed by atoms with van der Waals surface area (Å²) < 4.78 is 11.5. The summed E-state index contributed by atoms with van der Waals surface area (Å²) in [5.74, 6) is 0.959. The van der Waals surface area contributed by atoms with Crippen LogP contribution in [0.15, 0.2) is 24.3 Å². The van der Waals surface area contributed by atoms with Crippen molar-refractivity contribution in [2.45, 2.75) is 31.3 Å². The molecule has 1 aromatic rings. The van der Waals surface area contributed by atoms with E-state index in [1.807, 2.05) is 18.2 Å². The second kappa shape index (κ2) is 4.68. The smallest absolute Gasteiger partial charge is 0.166 e. The van der Waals surface area contributed by atoms with Gasteiger partial charge in [0.1, 0.15) is 0 Å². The van der Waals surface area contributed by atoms with Crippen LogP contribution in [0.1, 0.15) is 35.2 Å². The lowest BCUT2D eigenvalue weighted by atomic mass is 9.76. The molecule has 3 nitrogen and oxygen atoms in total. The van der Waals surface area contributed by atoms with Crippen LogP contribution in [0.4, 0.5) is 0 Å². The first-order valence-electron chi connectivity index (χ1n) is 7.61. The van der Waals surface area contributed by atoms with E-state index in [9.17, 15) is 4.79 Å². The summed E-state index contributed by atoms with van der Waals surface area (Å²) in [5, 5.41) is 0. The molecule has 20 heavy (non-hydrogen) atoms. The zero-order valence-electron chi connectivity index (χ0n) is 11.6. The van der Waals surface area contributed by atoms with Gasteiger partial charge in [-0.15, -0.1) is 0 Å². The molecule has 1 spiro atoms. The van der Waals surface area contributed by atoms with Gasteiger partial charge in [0.2, 0.25) is 0 Å². The molecule has 0 amide bonds. The third-order valence-electron chi connectivity index (χ3n) is 5.23. The van der Waals surface area contributed by atoms with Crippen molar-refractivity contribution in [1.29, 1.82) is 0 Å². The summed E-state index contributed by atoms with van der Waals surface area (Å²) in [7, 11) is 0. The monoisotopic (exact) mass is 272 g/mol. The SMILES string of the molecule is O=C1c2ccccc2CC1C1CCOC2(CCOC2)C1. The molecule has 3 aliphatic rings. The molecular weight excluding hydrogens is 252 g/mol. The lowest BCUT2D eigenvalue weighted by Gasteiger charge is -2.39. The van der Waals surface area contributed by atoms with E-state index in [0.717, 1.165) is 44.5 Å². The molecule has 1 aromatic carbocycles. The van der Waals surface area contributed by atoms with E-state index in [2.05, 4.69) is 6.07 Å². The van der Waals surface area contributed by atoms with Crippen molar-refractivity contribution < 1.29 is 14.3 Å². The summed E-state index contributed by atoms with van der Waals surface area (Å²) >= 11 is 0. The fraction of sp³-hybridized carbons (Fsp3) is 0.588.